The molecule has 16 heavy (non-hydrogen) atoms. The Morgan fingerprint density at radius 1 is 1.31 bits per heavy atom. The molecule has 1 aliphatic heterocycles. The Morgan fingerprint density at radius 3 is 2.69 bits per heavy atom. The van der Waals surface area contributed by atoms with Gasteiger partial charge in [0, 0.05) is 6.54 Å². The average Bonchev–Trinajstić information content (AvgIpc) is 2.39. The van der Waals surface area contributed by atoms with Crippen LogP contribution in [0, 0.1) is 0 Å². The second kappa shape index (κ2) is 5.09. The zero-order valence-corrected chi connectivity index (χ0v) is 9.13. The molecule has 1 fully saturated rings. The third kappa shape index (κ3) is 2.40. The van der Waals surface area contributed by atoms with E-state index in [1.165, 1.54) is 5.06 Å². The molecule has 0 aliphatic carbocycles. The maximum atomic E-state index is 12.0. The number of benzene rings is 1. The number of carbonyl (C=O) groups excluding carboxylic acids is 1. The molecule has 2 rings (SSSR count). The number of hydrogen-bond acceptors (Lipinski definition) is 3. The number of hydroxylamine groups is 2. The predicted molar refractivity (Wildman–Crippen MR) is 60.3 cm³/mol. The van der Waals surface area contributed by atoms with Gasteiger partial charge in [0.05, 0.1) is 6.61 Å². The van der Waals surface area contributed by atoms with E-state index in [1.54, 1.807) is 0 Å². The first-order valence-corrected chi connectivity index (χ1v) is 5.54. The van der Waals surface area contributed by atoms with E-state index in [-0.39, 0.29) is 5.91 Å². The van der Waals surface area contributed by atoms with Crippen LogP contribution in [0.1, 0.15) is 24.4 Å². The van der Waals surface area contributed by atoms with E-state index >= 15 is 0 Å². The van der Waals surface area contributed by atoms with Gasteiger partial charge in [0.15, 0.2) is 0 Å². The molecule has 4 heteroatoms. The fourth-order valence-corrected chi connectivity index (χ4v) is 1.73. The number of nitrogens with two attached hydrogens (primary N) is 1. The maximum Gasteiger partial charge on any atom is 0.267 e. The Morgan fingerprint density at radius 2 is 2.06 bits per heavy atom. The highest BCUT2D eigenvalue weighted by Gasteiger charge is 2.24. The lowest BCUT2D eigenvalue weighted by Crippen LogP contribution is -2.41. The van der Waals surface area contributed by atoms with Crippen molar-refractivity contribution in [1.82, 2.24) is 5.06 Å². The summed E-state index contributed by atoms with van der Waals surface area (Å²) in [6.45, 7) is 1.24. The van der Waals surface area contributed by atoms with Crippen LogP contribution in [-0.4, -0.2) is 24.1 Å². The van der Waals surface area contributed by atoms with E-state index in [9.17, 15) is 4.79 Å². The zero-order chi connectivity index (χ0) is 11.4. The van der Waals surface area contributed by atoms with Crippen LogP contribution in [0.4, 0.5) is 0 Å². The van der Waals surface area contributed by atoms with E-state index in [0.717, 1.165) is 18.4 Å². The molecule has 2 N–H and O–H groups in total. The van der Waals surface area contributed by atoms with Crippen molar-refractivity contribution in [1.29, 1.82) is 0 Å². The van der Waals surface area contributed by atoms with Gasteiger partial charge in [-0.1, -0.05) is 30.3 Å². The fraction of sp³-hybridized carbons (Fsp3) is 0.417. The molecule has 0 radical (unpaired) electrons. The summed E-state index contributed by atoms with van der Waals surface area (Å²) in [6.07, 6.45) is 1.98. The minimum absolute atomic E-state index is 0.161. The summed E-state index contributed by atoms with van der Waals surface area (Å²) in [5.74, 6) is -0.161. The molecule has 1 aromatic rings. The Hall–Kier alpha value is -1.39. The van der Waals surface area contributed by atoms with Crippen LogP contribution < -0.4 is 5.73 Å². The Labute approximate surface area is 94.9 Å². The number of carbonyl (C=O) groups is 1. The van der Waals surface area contributed by atoms with Gasteiger partial charge in [-0.3, -0.25) is 9.63 Å². The molecule has 1 saturated heterocycles. The van der Waals surface area contributed by atoms with Gasteiger partial charge in [0.2, 0.25) is 0 Å². The number of amides is 1. The highest BCUT2D eigenvalue weighted by Crippen LogP contribution is 2.15. The average molecular weight is 220 g/mol. The molecule has 1 heterocycles. The van der Waals surface area contributed by atoms with E-state index in [0.29, 0.717) is 13.2 Å². The quantitative estimate of drug-likeness (QED) is 0.815. The molecule has 0 aromatic heterocycles. The first-order chi connectivity index (χ1) is 7.79. The van der Waals surface area contributed by atoms with Gasteiger partial charge in [-0.15, -0.1) is 0 Å². The largest absolute Gasteiger partial charge is 0.316 e. The van der Waals surface area contributed by atoms with Gasteiger partial charge < -0.3 is 5.73 Å². The molecule has 1 aliphatic rings. The first-order valence-electron chi connectivity index (χ1n) is 5.54. The van der Waals surface area contributed by atoms with Crippen LogP contribution in [0.15, 0.2) is 30.3 Å². The van der Waals surface area contributed by atoms with Crippen LogP contribution >= 0.6 is 0 Å². The highest BCUT2D eigenvalue weighted by molar-refractivity contribution is 5.82. The number of hydrogen-bond donors (Lipinski definition) is 1. The molecule has 1 amide bonds. The smallest absolute Gasteiger partial charge is 0.267 e. The van der Waals surface area contributed by atoms with Crippen molar-refractivity contribution in [3.63, 3.8) is 0 Å². The van der Waals surface area contributed by atoms with Crippen molar-refractivity contribution >= 4 is 5.91 Å². The molecular weight excluding hydrogens is 204 g/mol. The minimum atomic E-state index is -0.626. The van der Waals surface area contributed by atoms with Crippen molar-refractivity contribution in [3.8, 4) is 0 Å². The lowest BCUT2D eigenvalue weighted by molar-refractivity contribution is -0.198. The predicted octanol–water partition coefficient (Wildman–Crippen LogP) is 1.24. The molecule has 0 unspecified atom stereocenters. The van der Waals surface area contributed by atoms with Gasteiger partial charge >= 0.3 is 0 Å². The monoisotopic (exact) mass is 220 g/mol. The summed E-state index contributed by atoms with van der Waals surface area (Å²) in [6, 6.07) is 8.73. The van der Waals surface area contributed by atoms with Gasteiger partial charge in [-0.05, 0) is 18.4 Å². The topological polar surface area (TPSA) is 55.6 Å². The van der Waals surface area contributed by atoms with Crippen LogP contribution in [-0.2, 0) is 9.63 Å². The maximum absolute atomic E-state index is 12.0. The van der Waals surface area contributed by atoms with E-state index in [1.807, 2.05) is 30.3 Å². The van der Waals surface area contributed by atoms with E-state index in [4.69, 9.17) is 10.6 Å². The summed E-state index contributed by atoms with van der Waals surface area (Å²) in [4.78, 5) is 17.3. The summed E-state index contributed by atoms with van der Waals surface area (Å²) in [5, 5.41) is 1.39. The van der Waals surface area contributed by atoms with Crippen molar-refractivity contribution in [2.45, 2.75) is 18.9 Å². The number of nitrogens with zero attached hydrogens (tertiary/aromatic N) is 1. The third-order valence-corrected chi connectivity index (χ3v) is 2.67. The van der Waals surface area contributed by atoms with Crippen LogP contribution in [0.3, 0.4) is 0 Å². The molecule has 1 atom stereocenters. The highest BCUT2D eigenvalue weighted by atomic mass is 16.7. The van der Waals surface area contributed by atoms with Crippen molar-refractivity contribution in [3.05, 3.63) is 35.9 Å². The minimum Gasteiger partial charge on any atom is -0.316 e. The second-order valence-corrected chi connectivity index (χ2v) is 3.87. The third-order valence-electron chi connectivity index (χ3n) is 2.67. The molecule has 4 nitrogen and oxygen atoms in total. The molecule has 1 aromatic carbocycles. The normalized spacial score (nSPS) is 18.2. The summed E-state index contributed by atoms with van der Waals surface area (Å²) < 4.78 is 0. The van der Waals surface area contributed by atoms with Gasteiger partial charge in [0.25, 0.3) is 5.91 Å². The first kappa shape index (κ1) is 11.1. The molecule has 86 valence electrons. The van der Waals surface area contributed by atoms with Gasteiger partial charge in [-0.25, -0.2) is 5.06 Å². The Kier molecular flexibility index (Phi) is 3.54. The van der Waals surface area contributed by atoms with E-state index < -0.39 is 6.04 Å². The molecule has 0 bridgehead atoms. The van der Waals surface area contributed by atoms with Crippen molar-refractivity contribution in [2.24, 2.45) is 5.73 Å². The Bertz CT molecular complexity index is 347. The molecular formula is C12H16N2O2. The van der Waals surface area contributed by atoms with Gasteiger partial charge in [0.1, 0.15) is 6.04 Å². The van der Waals surface area contributed by atoms with Crippen molar-refractivity contribution in [2.75, 3.05) is 13.2 Å². The summed E-state index contributed by atoms with van der Waals surface area (Å²) in [5.41, 5.74) is 6.72. The lowest BCUT2D eigenvalue weighted by Gasteiger charge is -2.28. The standard InChI is InChI=1S/C12H16N2O2/c13-11(10-6-2-1-3-7-10)12(15)14-8-4-5-9-16-14/h1-3,6-7,11H,4-5,8-9,13H2/t11-/m1/s1. The van der Waals surface area contributed by atoms with Crippen molar-refractivity contribution < 1.29 is 9.63 Å². The van der Waals surface area contributed by atoms with Crippen LogP contribution in [0.25, 0.3) is 0 Å². The van der Waals surface area contributed by atoms with Crippen LogP contribution in [0.5, 0.6) is 0 Å². The Balaban J connectivity index is 2.04. The molecule has 0 spiro atoms. The molecule has 0 saturated carbocycles. The fourth-order valence-electron chi connectivity index (χ4n) is 1.73. The lowest BCUT2D eigenvalue weighted by atomic mass is 10.1. The summed E-state index contributed by atoms with van der Waals surface area (Å²) >= 11 is 0. The van der Waals surface area contributed by atoms with E-state index in [2.05, 4.69) is 0 Å². The second-order valence-electron chi connectivity index (χ2n) is 3.87. The van der Waals surface area contributed by atoms with Gasteiger partial charge in [-0.2, -0.15) is 0 Å². The van der Waals surface area contributed by atoms with Crippen LogP contribution in [0.2, 0.25) is 0 Å². The summed E-state index contributed by atoms with van der Waals surface area (Å²) in [7, 11) is 0. The number of rotatable bonds is 2. The zero-order valence-electron chi connectivity index (χ0n) is 9.13. The SMILES string of the molecule is N[C@@H](C(=O)N1CCCCO1)c1ccccc1.